The fraction of sp³-hybridized carbons (Fsp3) is 0.154. The molecule has 0 fully saturated rings. The van der Waals surface area contributed by atoms with Crippen LogP contribution in [0, 0.1) is 0 Å². The van der Waals surface area contributed by atoms with Crippen molar-refractivity contribution in [1.29, 1.82) is 0 Å². The van der Waals surface area contributed by atoms with E-state index in [1.165, 1.54) is 7.11 Å². The second-order valence-corrected chi connectivity index (χ2v) is 3.60. The lowest BCUT2D eigenvalue weighted by Gasteiger charge is -2.07. The molecule has 0 aliphatic heterocycles. The summed E-state index contributed by atoms with van der Waals surface area (Å²) in [7, 11) is 1.45. The topological polar surface area (TPSA) is 83.2 Å². The summed E-state index contributed by atoms with van der Waals surface area (Å²) in [5, 5.41) is 0. The summed E-state index contributed by atoms with van der Waals surface area (Å²) in [5.74, 6) is 0.679. The van der Waals surface area contributed by atoms with Gasteiger partial charge in [-0.25, -0.2) is 0 Å². The van der Waals surface area contributed by atoms with Crippen LogP contribution in [0.5, 0.6) is 17.8 Å². The largest absolute Gasteiger partial charge is 0.467 e. The van der Waals surface area contributed by atoms with Gasteiger partial charge in [0.15, 0.2) is 0 Å². The lowest BCUT2D eigenvalue weighted by atomic mass is 10.2. The van der Waals surface area contributed by atoms with Crippen molar-refractivity contribution >= 4 is 12.0 Å². The van der Waals surface area contributed by atoms with E-state index in [1.54, 1.807) is 0 Å². The molecule has 1 heterocycles. The molecule has 2 aromatic rings. The highest BCUT2D eigenvalue weighted by Crippen LogP contribution is 2.24. The Hall–Kier alpha value is -2.63. The summed E-state index contributed by atoms with van der Waals surface area (Å²) >= 11 is 0. The summed E-state index contributed by atoms with van der Waals surface area (Å²) < 4.78 is 10.5. The molecule has 2 N–H and O–H groups in total. The second-order valence-electron chi connectivity index (χ2n) is 3.60. The van der Waals surface area contributed by atoms with Gasteiger partial charge < -0.3 is 15.2 Å². The van der Waals surface area contributed by atoms with Crippen LogP contribution in [0.2, 0.25) is 0 Å². The van der Waals surface area contributed by atoms with Crippen molar-refractivity contribution in [3.05, 3.63) is 35.9 Å². The van der Waals surface area contributed by atoms with Crippen LogP contribution in [0.1, 0.15) is 12.5 Å². The third-order valence-corrected chi connectivity index (χ3v) is 2.26. The van der Waals surface area contributed by atoms with E-state index in [9.17, 15) is 0 Å². The number of nitrogens with zero attached hydrogens (tertiary/aromatic N) is 3. The number of hydrogen-bond donors (Lipinski definition) is 1. The fourth-order valence-corrected chi connectivity index (χ4v) is 1.48. The monoisotopic (exact) mass is 258 g/mol. The van der Waals surface area contributed by atoms with Gasteiger partial charge in [-0.1, -0.05) is 30.4 Å². The standard InChI is InChI=1S/C13H14N4O2/c1-3-6-9-7-4-5-8-10(9)19-13-16-11(14)15-12(17-13)18-2/h3-8H,1-2H3,(H2,14,15,16,17)/b6-3+. The third kappa shape index (κ3) is 3.19. The number of rotatable bonds is 4. The van der Waals surface area contributed by atoms with Crippen molar-refractivity contribution in [3.63, 3.8) is 0 Å². The summed E-state index contributed by atoms with van der Waals surface area (Å²) in [6, 6.07) is 7.75. The Kier molecular flexibility index (Phi) is 3.92. The Morgan fingerprint density at radius 1 is 1.11 bits per heavy atom. The van der Waals surface area contributed by atoms with Crippen LogP contribution in [0.15, 0.2) is 30.3 Å². The first-order valence-corrected chi connectivity index (χ1v) is 5.68. The average Bonchev–Trinajstić information content (AvgIpc) is 2.40. The van der Waals surface area contributed by atoms with Gasteiger partial charge in [-0.05, 0) is 13.0 Å². The number of para-hydroxylation sites is 1. The number of ether oxygens (including phenoxy) is 2. The summed E-state index contributed by atoms with van der Waals surface area (Å²) in [6.07, 6.45) is 3.85. The van der Waals surface area contributed by atoms with Gasteiger partial charge >= 0.3 is 12.0 Å². The van der Waals surface area contributed by atoms with Crippen molar-refractivity contribution in [3.8, 4) is 17.8 Å². The highest BCUT2D eigenvalue weighted by molar-refractivity contribution is 5.57. The zero-order chi connectivity index (χ0) is 13.7. The van der Waals surface area contributed by atoms with Gasteiger partial charge in [0.1, 0.15) is 5.75 Å². The van der Waals surface area contributed by atoms with Gasteiger partial charge in [-0.3, -0.25) is 0 Å². The number of methoxy groups -OCH3 is 1. The van der Waals surface area contributed by atoms with Crippen LogP contribution in [-0.2, 0) is 0 Å². The smallest absolute Gasteiger partial charge is 0.330 e. The SMILES string of the molecule is C/C=C/c1ccccc1Oc1nc(N)nc(OC)n1. The highest BCUT2D eigenvalue weighted by atomic mass is 16.5. The molecule has 0 amide bonds. The Labute approximate surface area is 110 Å². The molecule has 0 saturated carbocycles. The molecule has 1 aromatic carbocycles. The third-order valence-electron chi connectivity index (χ3n) is 2.26. The van der Waals surface area contributed by atoms with Crippen molar-refractivity contribution < 1.29 is 9.47 Å². The van der Waals surface area contributed by atoms with Crippen LogP contribution >= 0.6 is 0 Å². The van der Waals surface area contributed by atoms with Crippen LogP contribution in [0.25, 0.3) is 6.08 Å². The quantitative estimate of drug-likeness (QED) is 0.905. The number of allylic oxidation sites excluding steroid dienone is 1. The molecular formula is C13H14N4O2. The molecule has 0 spiro atoms. The number of aromatic nitrogens is 3. The fourth-order valence-electron chi connectivity index (χ4n) is 1.48. The molecule has 6 heteroatoms. The molecule has 0 unspecified atom stereocenters. The van der Waals surface area contributed by atoms with Gasteiger partial charge in [-0.2, -0.15) is 9.97 Å². The van der Waals surface area contributed by atoms with E-state index >= 15 is 0 Å². The number of nitrogens with two attached hydrogens (primary N) is 1. The Morgan fingerprint density at radius 2 is 1.84 bits per heavy atom. The molecule has 19 heavy (non-hydrogen) atoms. The maximum atomic E-state index is 5.61. The Morgan fingerprint density at radius 3 is 2.58 bits per heavy atom. The molecule has 0 saturated heterocycles. The van der Waals surface area contributed by atoms with Gasteiger partial charge in [-0.15, -0.1) is 4.98 Å². The van der Waals surface area contributed by atoms with Gasteiger partial charge in [0.05, 0.1) is 7.11 Å². The molecule has 2 rings (SSSR count). The van der Waals surface area contributed by atoms with Crippen molar-refractivity contribution in [1.82, 2.24) is 15.0 Å². The van der Waals surface area contributed by atoms with E-state index < -0.39 is 0 Å². The van der Waals surface area contributed by atoms with Crippen molar-refractivity contribution in [2.75, 3.05) is 12.8 Å². The number of benzene rings is 1. The van der Waals surface area contributed by atoms with Crippen LogP contribution in [0.4, 0.5) is 5.95 Å². The minimum absolute atomic E-state index is 0.0466. The van der Waals surface area contributed by atoms with Crippen LogP contribution < -0.4 is 15.2 Å². The summed E-state index contributed by atoms with van der Waals surface area (Å²) in [6.45, 7) is 1.93. The summed E-state index contributed by atoms with van der Waals surface area (Å²) in [4.78, 5) is 11.7. The highest BCUT2D eigenvalue weighted by Gasteiger charge is 2.08. The first-order chi connectivity index (χ1) is 9.22. The molecular weight excluding hydrogens is 244 g/mol. The van der Waals surface area contributed by atoms with Gasteiger partial charge in [0.25, 0.3) is 0 Å². The number of anilines is 1. The molecule has 1 aromatic heterocycles. The van der Waals surface area contributed by atoms with E-state index in [4.69, 9.17) is 15.2 Å². The van der Waals surface area contributed by atoms with E-state index in [2.05, 4.69) is 15.0 Å². The Bertz CT molecular complexity index is 599. The normalized spacial score (nSPS) is 10.6. The minimum atomic E-state index is 0.0466. The van der Waals surface area contributed by atoms with Crippen molar-refractivity contribution in [2.24, 2.45) is 0 Å². The first-order valence-electron chi connectivity index (χ1n) is 5.68. The van der Waals surface area contributed by atoms with Crippen LogP contribution in [-0.4, -0.2) is 22.1 Å². The van der Waals surface area contributed by atoms with E-state index in [0.717, 1.165) is 5.56 Å². The minimum Gasteiger partial charge on any atom is -0.467 e. The van der Waals surface area contributed by atoms with Crippen molar-refractivity contribution in [2.45, 2.75) is 6.92 Å². The lowest BCUT2D eigenvalue weighted by Crippen LogP contribution is -2.03. The predicted octanol–water partition coefficient (Wildman–Crippen LogP) is 2.29. The molecule has 6 nitrogen and oxygen atoms in total. The van der Waals surface area contributed by atoms with Gasteiger partial charge in [0, 0.05) is 5.56 Å². The average molecular weight is 258 g/mol. The molecule has 0 bridgehead atoms. The number of hydrogen-bond acceptors (Lipinski definition) is 6. The van der Waals surface area contributed by atoms with E-state index in [0.29, 0.717) is 5.75 Å². The molecule has 0 aliphatic carbocycles. The first kappa shape index (κ1) is 12.8. The number of nitrogen functional groups attached to an aromatic ring is 1. The molecule has 0 atom stereocenters. The molecule has 0 radical (unpaired) electrons. The molecule has 0 aliphatic rings. The lowest BCUT2D eigenvalue weighted by molar-refractivity contribution is 0.360. The zero-order valence-electron chi connectivity index (χ0n) is 10.7. The molecule has 98 valence electrons. The Balaban J connectivity index is 2.33. The summed E-state index contributed by atoms with van der Waals surface area (Å²) in [5.41, 5.74) is 6.47. The predicted molar refractivity (Wildman–Crippen MR) is 72.0 cm³/mol. The van der Waals surface area contributed by atoms with Gasteiger partial charge in [0.2, 0.25) is 5.95 Å². The second kappa shape index (κ2) is 5.81. The zero-order valence-corrected chi connectivity index (χ0v) is 10.7. The van der Waals surface area contributed by atoms with E-state index in [1.807, 2.05) is 43.3 Å². The maximum absolute atomic E-state index is 5.61. The maximum Gasteiger partial charge on any atom is 0.330 e. The van der Waals surface area contributed by atoms with E-state index in [-0.39, 0.29) is 18.0 Å². The van der Waals surface area contributed by atoms with Crippen LogP contribution in [0.3, 0.4) is 0 Å².